The highest BCUT2D eigenvalue weighted by atomic mass is 16.5. The molecule has 6 nitrogen and oxygen atoms in total. The van der Waals surface area contributed by atoms with Crippen molar-refractivity contribution in [2.75, 3.05) is 26.7 Å². The predicted molar refractivity (Wildman–Crippen MR) is 97.1 cm³/mol. The fourth-order valence-corrected chi connectivity index (χ4v) is 3.35. The number of amides is 1. The van der Waals surface area contributed by atoms with Gasteiger partial charge in [0.1, 0.15) is 5.76 Å². The third-order valence-corrected chi connectivity index (χ3v) is 5.13. The molecule has 1 aromatic carbocycles. The summed E-state index contributed by atoms with van der Waals surface area (Å²) in [6.45, 7) is 4.39. The molecule has 1 amide bonds. The minimum Gasteiger partial charge on any atom is -0.373 e. The number of likely N-dealkylation sites (N-methyl/N-ethyl adjacent to an activating group) is 1. The van der Waals surface area contributed by atoms with Gasteiger partial charge in [-0.25, -0.2) is 0 Å². The molecular formula is C20H25N3O3. The zero-order chi connectivity index (χ0) is 18.1. The summed E-state index contributed by atoms with van der Waals surface area (Å²) in [5.74, 6) is 1.03. The van der Waals surface area contributed by atoms with Crippen LogP contribution in [0.3, 0.4) is 0 Å². The highest BCUT2D eigenvalue weighted by Crippen LogP contribution is 2.40. The van der Waals surface area contributed by atoms with Crippen molar-refractivity contribution in [3.8, 4) is 0 Å². The molecule has 1 aromatic heterocycles. The van der Waals surface area contributed by atoms with Crippen LogP contribution < -0.4 is 5.32 Å². The molecular weight excluding hydrogens is 330 g/mol. The van der Waals surface area contributed by atoms with Crippen LogP contribution in [0.15, 0.2) is 34.9 Å². The average Bonchev–Trinajstić information content (AvgIpc) is 3.37. The number of aromatic nitrogens is 1. The number of hydrogen-bond acceptors (Lipinski definition) is 5. The van der Waals surface area contributed by atoms with Crippen molar-refractivity contribution >= 4 is 5.91 Å². The molecule has 4 rings (SSSR count). The molecule has 0 spiro atoms. The van der Waals surface area contributed by atoms with Crippen molar-refractivity contribution in [3.05, 3.63) is 52.9 Å². The lowest BCUT2D eigenvalue weighted by Crippen LogP contribution is -2.48. The number of benzene rings is 1. The van der Waals surface area contributed by atoms with Gasteiger partial charge in [-0.3, -0.25) is 4.79 Å². The van der Waals surface area contributed by atoms with Gasteiger partial charge in [0.15, 0.2) is 5.69 Å². The van der Waals surface area contributed by atoms with Crippen LogP contribution in [0.25, 0.3) is 0 Å². The highest BCUT2D eigenvalue weighted by molar-refractivity contribution is 5.92. The Kier molecular flexibility index (Phi) is 4.78. The van der Waals surface area contributed by atoms with Gasteiger partial charge >= 0.3 is 0 Å². The predicted octanol–water partition coefficient (Wildman–Crippen LogP) is 2.66. The van der Waals surface area contributed by atoms with E-state index in [1.54, 1.807) is 6.07 Å². The van der Waals surface area contributed by atoms with Gasteiger partial charge in [0.2, 0.25) is 0 Å². The first-order valence-corrected chi connectivity index (χ1v) is 9.24. The smallest absolute Gasteiger partial charge is 0.274 e. The van der Waals surface area contributed by atoms with Gasteiger partial charge in [-0.1, -0.05) is 35.0 Å². The standard InChI is InChI=1S/C20H25N3O3/c1-13-3-5-15(6-4-13)19(18-12-23(2)9-10-25-18)21-20(24)16-11-17(26-22-16)14-7-8-14/h3-6,11,14,18-19H,7-10,12H2,1-2H3,(H,21,24). The van der Waals surface area contributed by atoms with E-state index in [0.717, 1.165) is 37.3 Å². The summed E-state index contributed by atoms with van der Waals surface area (Å²) in [7, 11) is 2.07. The molecule has 2 fully saturated rings. The van der Waals surface area contributed by atoms with E-state index in [1.165, 1.54) is 5.56 Å². The maximum absolute atomic E-state index is 12.8. The lowest BCUT2D eigenvalue weighted by Gasteiger charge is -2.35. The molecule has 1 aliphatic carbocycles. The molecule has 2 heterocycles. The molecule has 6 heteroatoms. The van der Waals surface area contributed by atoms with Crippen molar-refractivity contribution in [1.29, 1.82) is 0 Å². The lowest BCUT2D eigenvalue weighted by molar-refractivity contribution is -0.0381. The summed E-state index contributed by atoms with van der Waals surface area (Å²) in [6, 6.07) is 9.76. The molecule has 2 aliphatic rings. The van der Waals surface area contributed by atoms with E-state index in [0.29, 0.717) is 18.2 Å². The molecule has 1 N–H and O–H groups in total. The van der Waals surface area contributed by atoms with E-state index in [9.17, 15) is 4.79 Å². The number of aryl methyl sites for hydroxylation is 1. The van der Waals surface area contributed by atoms with Crippen LogP contribution in [-0.2, 0) is 4.74 Å². The van der Waals surface area contributed by atoms with Gasteiger partial charge in [-0.05, 0) is 32.4 Å². The summed E-state index contributed by atoms with van der Waals surface area (Å²) in [4.78, 5) is 15.0. The Hall–Kier alpha value is -2.18. The number of nitrogens with one attached hydrogen (secondary N) is 1. The summed E-state index contributed by atoms with van der Waals surface area (Å²) < 4.78 is 11.3. The maximum atomic E-state index is 12.8. The quantitative estimate of drug-likeness (QED) is 0.893. The van der Waals surface area contributed by atoms with Crippen LogP contribution in [0.4, 0.5) is 0 Å². The van der Waals surface area contributed by atoms with E-state index in [-0.39, 0.29) is 18.1 Å². The van der Waals surface area contributed by atoms with Gasteiger partial charge in [0, 0.05) is 25.1 Å². The van der Waals surface area contributed by atoms with E-state index in [2.05, 4.69) is 53.6 Å². The highest BCUT2D eigenvalue weighted by Gasteiger charge is 2.32. The fourth-order valence-electron chi connectivity index (χ4n) is 3.35. The Bertz CT molecular complexity index is 767. The van der Waals surface area contributed by atoms with Crippen LogP contribution >= 0.6 is 0 Å². The lowest BCUT2D eigenvalue weighted by atomic mass is 9.98. The molecule has 0 bridgehead atoms. The van der Waals surface area contributed by atoms with Crippen molar-refractivity contribution in [1.82, 2.24) is 15.4 Å². The average molecular weight is 355 g/mol. The number of nitrogens with zero attached hydrogens (tertiary/aromatic N) is 2. The number of rotatable bonds is 5. The molecule has 0 radical (unpaired) electrons. The summed E-state index contributed by atoms with van der Waals surface area (Å²) in [6.07, 6.45) is 2.13. The van der Waals surface area contributed by atoms with Crippen molar-refractivity contribution in [2.45, 2.75) is 37.8 Å². The monoisotopic (exact) mass is 355 g/mol. The zero-order valence-corrected chi connectivity index (χ0v) is 15.3. The minimum absolute atomic E-state index is 0.102. The second-order valence-corrected chi connectivity index (χ2v) is 7.42. The second kappa shape index (κ2) is 7.21. The molecule has 2 unspecified atom stereocenters. The van der Waals surface area contributed by atoms with E-state index in [1.807, 2.05) is 0 Å². The van der Waals surface area contributed by atoms with Crippen LogP contribution in [0.1, 0.15) is 52.2 Å². The molecule has 1 saturated heterocycles. The third kappa shape index (κ3) is 3.81. The van der Waals surface area contributed by atoms with Crippen molar-refractivity contribution in [2.24, 2.45) is 0 Å². The third-order valence-electron chi connectivity index (χ3n) is 5.13. The van der Waals surface area contributed by atoms with Gasteiger partial charge in [0.05, 0.1) is 18.8 Å². The van der Waals surface area contributed by atoms with Gasteiger partial charge in [-0.2, -0.15) is 0 Å². The Balaban J connectivity index is 1.54. The van der Waals surface area contributed by atoms with Gasteiger partial charge in [-0.15, -0.1) is 0 Å². The summed E-state index contributed by atoms with van der Waals surface area (Å²) in [5, 5.41) is 7.08. The molecule has 2 atom stereocenters. The number of carbonyl (C=O) groups excluding carboxylic acids is 1. The van der Waals surface area contributed by atoms with Gasteiger partial charge < -0.3 is 19.5 Å². The number of morpholine rings is 1. The van der Waals surface area contributed by atoms with E-state index < -0.39 is 0 Å². The molecule has 2 aromatic rings. The number of hydrogen-bond donors (Lipinski definition) is 1. The SMILES string of the molecule is Cc1ccc(C(NC(=O)c2cc(C3CC3)on2)C2CN(C)CCO2)cc1. The maximum Gasteiger partial charge on any atom is 0.274 e. The van der Waals surface area contributed by atoms with Crippen LogP contribution in [0.5, 0.6) is 0 Å². The Morgan fingerprint density at radius 3 is 2.77 bits per heavy atom. The van der Waals surface area contributed by atoms with Gasteiger partial charge in [0.25, 0.3) is 5.91 Å². The molecule has 26 heavy (non-hydrogen) atoms. The largest absolute Gasteiger partial charge is 0.373 e. The molecule has 138 valence electrons. The second-order valence-electron chi connectivity index (χ2n) is 7.42. The first-order valence-electron chi connectivity index (χ1n) is 9.24. The number of ether oxygens (including phenoxy) is 1. The minimum atomic E-state index is -0.230. The summed E-state index contributed by atoms with van der Waals surface area (Å²) in [5.41, 5.74) is 2.56. The van der Waals surface area contributed by atoms with Crippen molar-refractivity contribution in [3.63, 3.8) is 0 Å². The first-order chi connectivity index (χ1) is 12.6. The Labute approximate surface area is 153 Å². The zero-order valence-electron chi connectivity index (χ0n) is 15.3. The first kappa shape index (κ1) is 17.2. The van der Waals surface area contributed by atoms with E-state index >= 15 is 0 Å². The normalized spacial score (nSPS) is 22.2. The fraction of sp³-hybridized carbons (Fsp3) is 0.500. The summed E-state index contributed by atoms with van der Waals surface area (Å²) >= 11 is 0. The van der Waals surface area contributed by atoms with Crippen molar-refractivity contribution < 1.29 is 14.1 Å². The topological polar surface area (TPSA) is 67.6 Å². The van der Waals surface area contributed by atoms with Crippen LogP contribution in [0, 0.1) is 6.92 Å². The number of carbonyl (C=O) groups is 1. The van der Waals surface area contributed by atoms with E-state index in [4.69, 9.17) is 9.26 Å². The molecule has 1 aliphatic heterocycles. The van der Waals surface area contributed by atoms with Crippen LogP contribution in [0.2, 0.25) is 0 Å². The Morgan fingerprint density at radius 1 is 1.31 bits per heavy atom. The molecule has 1 saturated carbocycles. The van der Waals surface area contributed by atoms with Crippen LogP contribution in [-0.4, -0.2) is 48.8 Å². The Morgan fingerprint density at radius 2 is 2.08 bits per heavy atom.